The maximum absolute atomic E-state index is 5.44. The molecule has 0 aromatic rings. The molecule has 2 nitrogen and oxygen atoms in total. The molecule has 0 aliphatic carbocycles. The van der Waals surface area contributed by atoms with Crippen LogP contribution in [0.25, 0.3) is 0 Å². The molecule has 0 bridgehead atoms. The zero-order valence-corrected chi connectivity index (χ0v) is 9.47. The molecular formula is C11H26N2. The van der Waals surface area contributed by atoms with Gasteiger partial charge in [0.2, 0.25) is 0 Å². The van der Waals surface area contributed by atoms with E-state index in [0.717, 1.165) is 31.5 Å². The van der Waals surface area contributed by atoms with Gasteiger partial charge < -0.3 is 11.1 Å². The third-order valence-electron chi connectivity index (χ3n) is 2.20. The van der Waals surface area contributed by atoms with Gasteiger partial charge in [-0.1, -0.05) is 27.2 Å². The van der Waals surface area contributed by atoms with Gasteiger partial charge in [-0.05, 0) is 44.3 Å². The molecule has 0 spiro atoms. The highest BCUT2D eigenvalue weighted by Crippen LogP contribution is 2.05. The highest BCUT2D eigenvalue weighted by Gasteiger charge is 2.01. The molecule has 0 radical (unpaired) electrons. The van der Waals surface area contributed by atoms with Crippen molar-refractivity contribution in [3.8, 4) is 0 Å². The van der Waals surface area contributed by atoms with Crippen LogP contribution in [0.5, 0.6) is 0 Å². The number of rotatable bonds is 8. The van der Waals surface area contributed by atoms with E-state index in [1.54, 1.807) is 0 Å². The molecule has 2 heteroatoms. The molecule has 80 valence electrons. The van der Waals surface area contributed by atoms with Gasteiger partial charge in [-0.3, -0.25) is 0 Å². The van der Waals surface area contributed by atoms with Gasteiger partial charge in [-0.2, -0.15) is 0 Å². The number of hydrogen-bond donors (Lipinski definition) is 2. The molecule has 0 fully saturated rings. The molecule has 13 heavy (non-hydrogen) atoms. The van der Waals surface area contributed by atoms with E-state index in [2.05, 4.69) is 26.1 Å². The predicted octanol–water partition coefficient (Wildman–Crippen LogP) is 2.00. The van der Waals surface area contributed by atoms with Crippen molar-refractivity contribution in [3.63, 3.8) is 0 Å². The third kappa shape index (κ3) is 9.84. The van der Waals surface area contributed by atoms with Crippen LogP contribution in [0, 0.1) is 11.8 Å². The first-order valence-corrected chi connectivity index (χ1v) is 5.57. The summed E-state index contributed by atoms with van der Waals surface area (Å²) in [4.78, 5) is 0. The van der Waals surface area contributed by atoms with Crippen LogP contribution in [0.3, 0.4) is 0 Å². The molecule has 0 aromatic heterocycles. The van der Waals surface area contributed by atoms with Crippen LogP contribution in [0.4, 0.5) is 0 Å². The van der Waals surface area contributed by atoms with Crippen molar-refractivity contribution in [2.75, 3.05) is 19.6 Å². The molecule has 0 rings (SSSR count). The van der Waals surface area contributed by atoms with Crippen LogP contribution in [-0.4, -0.2) is 19.6 Å². The Morgan fingerprint density at radius 2 is 1.77 bits per heavy atom. The Balaban J connectivity index is 3.15. The fourth-order valence-corrected chi connectivity index (χ4v) is 1.36. The lowest BCUT2D eigenvalue weighted by molar-refractivity contribution is 0.440. The van der Waals surface area contributed by atoms with Crippen LogP contribution in [-0.2, 0) is 0 Å². The monoisotopic (exact) mass is 186 g/mol. The van der Waals surface area contributed by atoms with E-state index < -0.39 is 0 Å². The van der Waals surface area contributed by atoms with Gasteiger partial charge in [0.25, 0.3) is 0 Å². The Hall–Kier alpha value is -0.0800. The second-order valence-electron chi connectivity index (χ2n) is 4.44. The standard InChI is InChI=1S/C11H26N2/c1-10(2)8-13-9-11(3)6-4-5-7-12/h10-11,13H,4-9,12H2,1-3H3. The van der Waals surface area contributed by atoms with E-state index >= 15 is 0 Å². The van der Waals surface area contributed by atoms with Gasteiger partial charge in [0.15, 0.2) is 0 Å². The van der Waals surface area contributed by atoms with Crippen molar-refractivity contribution >= 4 is 0 Å². The zero-order chi connectivity index (χ0) is 10.1. The molecule has 0 amide bonds. The van der Waals surface area contributed by atoms with Crippen molar-refractivity contribution in [2.45, 2.75) is 40.0 Å². The fourth-order valence-electron chi connectivity index (χ4n) is 1.36. The smallest absolute Gasteiger partial charge is 0.00230 e. The van der Waals surface area contributed by atoms with E-state index in [1.807, 2.05) is 0 Å². The first-order valence-electron chi connectivity index (χ1n) is 5.57. The maximum atomic E-state index is 5.44. The summed E-state index contributed by atoms with van der Waals surface area (Å²) in [5.74, 6) is 1.56. The number of nitrogens with two attached hydrogens (primary N) is 1. The van der Waals surface area contributed by atoms with E-state index in [4.69, 9.17) is 5.73 Å². The lowest BCUT2D eigenvalue weighted by Crippen LogP contribution is -2.25. The van der Waals surface area contributed by atoms with Crippen molar-refractivity contribution in [1.29, 1.82) is 0 Å². The highest BCUT2D eigenvalue weighted by atomic mass is 14.9. The van der Waals surface area contributed by atoms with E-state index in [9.17, 15) is 0 Å². The Morgan fingerprint density at radius 3 is 2.31 bits per heavy atom. The minimum absolute atomic E-state index is 0.760. The Morgan fingerprint density at radius 1 is 1.08 bits per heavy atom. The Kier molecular flexibility index (Phi) is 8.46. The molecule has 0 saturated carbocycles. The summed E-state index contributed by atoms with van der Waals surface area (Å²) in [6.45, 7) is 9.93. The second kappa shape index (κ2) is 8.52. The summed E-state index contributed by atoms with van der Waals surface area (Å²) in [5, 5.41) is 3.48. The normalized spacial score (nSPS) is 13.6. The summed E-state index contributed by atoms with van der Waals surface area (Å²) in [6.07, 6.45) is 3.76. The summed E-state index contributed by atoms with van der Waals surface area (Å²) in [6, 6.07) is 0. The van der Waals surface area contributed by atoms with Crippen LogP contribution < -0.4 is 11.1 Å². The third-order valence-corrected chi connectivity index (χ3v) is 2.20. The lowest BCUT2D eigenvalue weighted by Gasteiger charge is -2.13. The van der Waals surface area contributed by atoms with Gasteiger partial charge in [-0.25, -0.2) is 0 Å². The van der Waals surface area contributed by atoms with E-state index in [0.29, 0.717) is 0 Å². The number of nitrogens with one attached hydrogen (secondary N) is 1. The largest absolute Gasteiger partial charge is 0.330 e. The SMILES string of the molecule is CC(C)CNCC(C)CCCCN. The van der Waals surface area contributed by atoms with Gasteiger partial charge in [0, 0.05) is 0 Å². The van der Waals surface area contributed by atoms with Crippen molar-refractivity contribution in [2.24, 2.45) is 17.6 Å². The maximum Gasteiger partial charge on any atom is -0.00230 e. The highest BCUT2D eigenvalue weighted by molar-refractivity contribution is 4.59. The van der Waals surface area contributed by atoms with Gasteiger partial charge in [-0.15, -0.1) is 0 Å². The Bertz CT molecular complexity index is 102. The molecule has 1 atom stereocenters. The van der Waals surface area contributed by atoms with Crippen molar-refractivity contribution in [1.82, 2.24) is 5.32 Å². The summed E-state index contributed by atoms with van der Waals surface area (Å²) in [7, 11) is 0. The van der Waals surface area contributed by atoms with Gasteiger partial charge >= 0.3 is 0 Å². The average molecular weight is 186 g/mol. The molecule has 0 aliphatic heterocycles. The quantitative estimate of drug-likeness (QED) is 0.569. The minimum Gasteiger partial charge on any atom is -0.330 e. The van der Waals surface area contributed by atoms with E-state index in [1.165, 1.54) is 19.3 Å². The lowest BCUT2D eigenvalue weighted by atomic mass is 10.0. The fraction of sp³-hybridized carbons (Fsp3) is 1.00. The Labute approximate surface area is 83.3 Å². The first-order chi connectivity index (χ1) is 6.16. The number of unbranched alkanes of at least 4 members (excludes halogenated alkanes) is 1. The van der Waals surface area contributed by atoms with Crippen LogP contribution in [0.1, 0.15) is 40.0 Å². The summed E-state index contributed by atoms with van der Waals surface area (Å²) < 4.78 is 0. The molecule has 1 unspecified atom stereocenters. The zero-order valence-electron chi connectivity index (χ0n) is 9.47. The van der Waals surface area contributed by atoms with Crippen molar-refractivity contribution in [3.05, 3.63) is 0 Å². The number of hydrogen-bond acceptors (Lipinski definition) is 2. The van der Waals surface area contributed by atoms with Crippen LogP contribution >= 0.6 is 0 Å². The van der Waals surface area contributed by atoms with E-state index in [-0.39, 0.29) is 0 Å². The van der Waals surface area contributed by atoms with Crippen molar-refractivity contribution < 1.29 is 0 Å². The van der Waals surface area contributed by atoms with Crippen LogP contribution in [0.15, 0.2) is 0 Å². The molecule has 0 heterocycles. The summed E-state index contributed by atoms with van der Waals surface area (Å²) >= 11 is 0. The van der Waals surface area contributed by atoms with Gasteiger partial charge in [0.1, 0.15) is 0 Å². The minimum atomic E-state index is 0.760. The molecule has 3 N–H and O–H groups in total. The second-order valence-corrected chi connectivity index (χ2v) is 4.44. The molecular weight excluding hydrogens is 160 g/mol. The topological polar surface area (TPSA) is 38.0 Å². The van der Waals surface area contributed by atoms with Gasteiger partial charge in [0.05, 0.1) is 0 Å². The molecule has 0 aromatic carbocycles. The predicted molar refractivity (Wildman–Crippen MR) is 59.8 cm³/mol. The molecule has 0 saturated heterocycles. The summed E-state index contributed by atoms with van der Waals surface area (Å²) in [5.41, 5.74) is 5.44. The average Bonchev–Trinajstić information content (AvgIpc) is 2.04. The molecule has 0 aliphatic rings. The van der Waals surface area contributed by atoms with Crippen LogP contribution in [0.2, 0.25) is 0 Å². The first kappa shape index (κ1) is 12.9.